The van der Waals surface area contributed by atoms with Crippen LogP contribution in [0.4, 0.5) is 0 Å². The summed E-state index contributed by atoms with van der Waals surface area (Å²) in [6, 6.07) is 13.5. The lowest BCUT2D eigenvalue weighted by atomic mass is 10.1. The van der Waals surface area contributed by atoms with E-state index in [0.29, 0.717) is 12.4 Å². The number of hydrogen-bond donors (Lipinski definition) is 1. The number of rotatable bonds is 5. The van der Waals surface area contributed by atoms with Crippen molar-refractivity contribution < 1.29 is 14.6 Å². The Morgan fingerprint density at radius 2 is 2.00 bits per heavy atom. The second-order valence-electron chi connectivity index (χ2n) is 4.54. The van der Waals surface area contributed by atoms with Gasteiger partial charge in [-0.05, 0) is 24.6 Å². The molecule has 0 aliphatic heterocycles. The lowest BCUT2D eigenvalue weighted by molar-refractivity contribution is -0.131. The van der Waals surface area contributed by atoms with Crippen molar-refractivity contribution in [1.82, 2.24) is 0 Å². The number of hydrogen-bond acceptors (Lipinski definition) is 2. The Bertz CT molecular complexity index is 677. The van der Waals surface area contributed by atoms with Crippen LogP contribution >= 0.6 is 15.9 Å². The Hall–Kier alpha value is -2.07. The molecule has 0 bridgehead atoms. The molecule has 0 saturated carbocycles. The minimum Gasteiger partial charge on any atom is -0.488 e. The van der Waals surface area contributed by atoms with Gasteiger partial charge in [-0.3, -0.25) is 0 Å². The second kappa shape index (κ2) is 7.09. The van der Waals surface area contributed by atoms with Crippen molar-refractivity contribution in [2.75, 3.05) is 0 Å². The molecule has 3 nitrogen and oxygen atoms in total. The second-order valence-corrected chi connectivity index (χ2v) is 5.40. The van der Waals surface area contributed by atoms with E-state index in [1.165, 1.54) is 0 Å². The van der Waals surface area contributed by atoms with Crippen molar-refractivity contribution in [3.05, 3.63) is 69.7 Å². The van der Waals surface area contributed by atoms with Crippen LogP contribution in [0.15, 0.2) is 53.0 Å². The van der Waals surface area contributed by atoms with Crippen molar-refractivity contribution in [2.24, 2.45) is 0 Å². The zero-order valence-electron chi connectivity index (χ0n) is 11.5. The maximum absolute atomic E-state index is 10.7. The van der Waals surface area contributed by atoms with Crippen molar-refractivity contribution in [2.45, 2.75) is 13.5 Å². The van der Waals surface area contributed by atoms with Gasteiger partial charge in [0, 0.05) is 21.7 Å². The average molecular weight is 347 g/mol. The minimum atomic E-state index is -0.978. The summed E-state index contributed by atoms with van der Waals surface area (Å²) in [4.78, 5) is 10.7. The number of carboxylic acid groups (broad SMARTS) is 1. The number of halogens is 1. The zero-order chi connectivity index (χ0) is 15.2. The van der Waals surface area contributed by atoms with Crippen molar-refractivity contribution >= 4 is 28.0 Å². The van der Waals surface area contributed by atoms with Gasteiger partial charge in [-0.25, -0.2) is 4.79 Å². The lowest BCUT2D eigenvalue weighted by Crippen LogP contribution is -2.00. The molecule has 0 radical (unpaired) electrons. The molecule has 0 atom stereocenters. The smallest absolute Gasteiger partial charge is 0.328 e. The molecule has 0 aliphatic carbocycles. The minimum absolute atomic E-state index is 0.417. The summed E-state index contributed by atoms with van der Waals surface area (Å²) in [6.45, 7) is 2.35. The molecule has 1 N–H and O–H groups in total. The molecule has 0 amide bonds. The third kappa shape index (κ3) is 4.20. The van der Waals surface area contributed by atoms with E-state index in [0.717, 1.165) is 27.2 Å². The number of carbonyl (C=O) groups is 1. The highest BCUT2D eigenvalue weighted by atomic mass is 79.9. The summed E-state index contributed by atoms with van der Waals surface area (Å²) in [5, 5.41) is 8.75. The van der Waals surface area contributed by atoms with Crippen molar-refractivity contribution in [3.8, 4) is 5.75 Å². The first-order chi connectivity index (χ1) is 10.1. The fourth-order valence-electron chi connectivity index (χ4n) is 1.93. The molecule has 2 aromatic rings. The summed E-state index contributed by atoms with van der Waals surface area (Å²) in [5.74, 6) is -0.279. The van der Waals surface area contributed by atoms with E-state index in [2.05, 4.69) is 15.9 Å². The van der Waals surface area contributed by atoms with Crippen LogP contribution < -0.4 is 4.74 Å². The van der Waals surface area contributed by atoms with Crippen LogP contribution in [0.2, 0.25) is 0 Å². The van der Waals surface area contributed by atoms with Gasteiger partial charge in [0.2, 0.25) is 0 Å². The van der Waals surface area contributed by atoms with Gasteiger partial charge < -0.3 is 9.84 Å². The van der Waals surface area contributed by atoms with Crippen LogP contribution in [0, 0.1) is 6.92 Å². The molecule has 0 fully saturated rings. The first kappa shape index (κ1) is 15.3. The molecule has 108 valence electrons. The molecule has 0 spiro atoms. The Balaban J connectivity index is 2.23. The van der Waals surface area contributed by atoms with Gasteiger partial charge in [0.1, 0.15) is 12.4 Å². The fraction of sp³-hybridized carbons (Fsp3) is 0.118. The summed E-state index contributed by atoms with van der Waals surface area (Å²) in [7, 11) is 0. The highest BCUT2D eigenvalue weighted by molar-refractivity contribution is 9.10. The number of carboxylic acids is 1. The first-order valence-corrected chi connectivity index (χ1v) is 7.24. The van der Waals surface area contributed by atoms with Gasteiger partial charge in [-0.15, -0.1) is 0 Å². The van der Waals surface area contributed by atoms with E-state index < -0.39 is 5.97 Å². The van der Waals surface area contributed by atoms with Gasteiger partial charge in [0.25, 0.3) is 0 Å². The third-order valence-corrected chi connectivity index (χ3v) is 3.75. The van der Waals surface area contributed by atoms with E-state index in [1.807, 2.05) is 49.4 Å². The number of benzene rings is 2. The van der Waals surface area contributed by atoms with Gasteiger partial charge >= 0.3 is 5.97 Å². The summed E-state index contributed by atoms with van der Waals surface area (Å²) in [6.07, 6.45) is 2.66. The maximum Gasteiger partial charge on any atom is 0.328 e. The fourth-order valence-corrected chi connectivity index (χ4v) is 2.33. The lowest BCUT2D eigenvalue weighted by Gasteiger charge is -2.13. The predicted octanol–water partition coefficient (Wildman–Crippen LogP) is 4.43. The van der Waals surface area contributed by atoms with E-state index in [-0.39, 0.29) is 0 Å². The number of aliphatic carboxylic acids is 1. The maximum atomic E-state index is 10.7. The largest absolute Gasteiger partial charge is 0.488 e. The monoisotopic (exact) mass is 346 g/mol. The molecule has 2 aromatic carbocycles. The number of para-hydroxylation sites is 1. The first-order valence-electron chi connectivity index (χ1n) is 6.45. The normalized spacial score (nSPS) is 10.8. The Labute approximate surface area is 132 Å². The van der Waals surface area contributed by atoms with Crippen LogP contribution in [0.3, 0.4) is 0 Å². The van der Waals surface area contributed by atoms with Crippen LogP contribution in [0.1, 0.15) is 16.7 Å². The highest BCUT2D eigenvalue weighted by Gasteiger charge is 2.07. The molecule has 21 heavy (non-hydrogen) atoms. The topological polar surface area (TPSA) is 46.5 Å². The molecule has 4 heteroatoms. The quantitative estimate of drug-likeness (QED) is 0.814. The van der Waals surface area contributed by atoms with Crippen LogP contribution in [0.5, 0.6) is 5.75 Å². The molecule has 2 rings (SSSR count). The summed E-state index contributed by atoms with van der Waals surface area (Å²) >= 11 is 3.48. The van der Waals surface area contributed by atoms with Gasteiger partial charge in [-0.1, -0.05) is 52.3 Å². The Kier molecular flexibility index (Phi) is 5.17. The molecule has 0 saturated heterocycles. The summed E-state index contributed by atoms with van der Waals surface area (Å²) in [5.41, 5.74) is 2.76. The molecular weight excluding hydrogens is 332 g/mol. The number of ether oxygens (including phenoxy) is 1. The number of aryl methyl sites for hydroxylation is 1. The Morgan fingerprint density at radius 3 is 2.71 bits per heavy atom. The SMILES string of the molecule is Cc1cccc(/C=C/C(=O)O)c1OCc1ccccc1Br. The van der Waals surface area contributed by atoms with Crippen molar-refractivity contribution in [3.63, 3.8) is 0 Å². The van der Waals surface area contributed by atoms with Crippen molar-refractivity contribution in [1.29, 1.82) is 0 Å². The molecule has 0 aliphatic rings. The zero-order valence-corrected chi connectivity index (χ0v) is 13.1. The van der Waals surface area contributed by atoms with Gasteiger partial charge in [0.05, 0.1) is 0 Å². The molecule has 0 heterocycles. The molecular formula is C17H15BrO3. The predicted molar refractivity (Wildman–Crippen MR) is 86.3 cm³/mol. The van der Waals surface area contributed by atoms with Crippen LogP contribution in [-0.4, -0.2) is 11.1 Å². The Morgan fingerprint density at radius 1 is 1.24 bits per heavy atom. The van der Waals surface area contributed by atoms with E-state index in [9.17, 15) is 4.79 Å². The van der Waals surface area contributed by atoms with Gasteiger partial charge in [0.15, 0.2) is 0 Å². The summed E-state index contributed by atoms with van der Waals surface area (Å²) < 4.78 is 6.88. The van der Waals surface area contributed by atoms with Gasteiger partial charge in [-0.2, -0.15) is 0 Å². The highest BCUT2D eigenvalue weighted by Crippen LogP contribution is 2.27. The van der Waals surface area contributed by atoms with Crippen LogP contribution in [0.25, 0.3) is 6.08 Å². The van der Waals surface area contributed by atoms with E-state index in [1.54, 1.807) is 6.08 Å². The van der Waals surface area contributed by atoms with E-state index >= 15 is 0 Å². The molecule has 0 aromatic heterocycles. The standard InChI is InChI=1S/C17H15BrO3/c1-12-5-4-7-13(9-10-16(19)20)17(12)21-11-14-6-2-3-8-15(14)18/h2-10H,11H2,1H3,(H,19,20)/b10-9+. The van der Waals surface area contributed by atoms with Crippen LogP contribution in [-0.2, 0) is 11.4 Å². The third-order valence-electron chi connectivity index (χ3n) is 2.98. The molecule has 0 unspecified atom stereocenters. The average Bonchev–Trinajstić information content (AvgIpc) is 2.45. The van der Waals surface area contributed by atoms with E-state index in [4.69, 9.17) is 9.84 Å².